The molecule has 9 rings (SSSR count). The molecule has 0 spiro atoms. The second-order valence-electron chi connectivity index (χ2n) is 42.8. The van der Waals surface area contributed by atoms with E-state index >= 15 is 0 Å². The number of hydrogen-bond acceptors (Lipinski definition) is 2. The Hall–Kier alpha value is -3.05. The van der Waals surface area contributed by atoms with Gasteiger partial charge in [-0.05, 0) is 70.8 Å². The van der Waals surface area contributed by atoms with Gasteiger partial charge in [0.1, 0.15) is 0 Å². The number of hydrogen-bond donors (Lipinski definition) is 2. The van der Waals surface area contributed by atoms with E-state index in [1.807, 2.05) is 0 Å². The Morgan fingerprint density at radius 1 is 0.180 bits per heavy atom. The fourth-order valence-electron chi connectivity index (χ4n) is 26.7. The van der Waals surface area contributed by atoms with Crippen LogP contribution in [0, 0.1) is 0 Å². The fourth-order valence-corrected chi connectivity index (χ4v) is 428. The number of aromatic amines is 2. The van der Waals surface area contributed by atoms with E-state index in [0.29, 0.717) is 0 Å². The van der Waals surface area contributed by atoms with Crippen LogP contribution in [0.2, 0.25) is 236 Å². The summed E-state index contributed by atoms with van der Waals surface area (Å²) in [6, 6.07) is 50.6. The first kappa shape index (κ1) is 81.0. The van der Waals surface area contributed by atoms with Gasteiger partial charge in [-0.3, -0.25) is 0 Å². The molecule has 4 nitrogen and oxygen atoms in total. The first-order chi connectivity index (χ1) is 45.2. The quantitative estimate of drug-likeness (QED) is 0.0747. The van der Waals surface area contributed by atoms with Gasteiger partial charge in [0.05, 0.1) is 49.3 Å². The third-order valence-corrected chi connectivity index (χ3v) is 310. The Balaban J connectivity index is 1.48. The maximum absolute atomic E-state index is 6.00. The first-order valence-electron chi connectivity index (χ1n) is 37.8. The molecule has 4 aromatic carbocycles. The lowest BCUT2D eigenvalue weighted by atomic mass is 10.0. The average Bonchev–Trinajstić information content (AvgIpc) is 0.887. The highest BCUT2D eigenvalue weighted by Crippen LogP contribution is 2.45. The van der Waals surface area contributed by atoms with E-state index in [1.165, 1.54) is 22.3 Å². The normalized spacial score (nSPS) is 14.9. The Kier molecular flexibility index (Phi) is 21.4. The SMILES string of the molecule is C[Si](C)(C)[Si](c1ccc(-c2c3nc(c(-c4ccc([Si]([Si](C)(C)C)([Si](C)(C)C)[Si](C)(C)C)cc4)c4ccc([nH]4)c(-c4ccc([Si]([Si](C)(C)C)([Si](C)(C)C)[Si](C)(C)C)cc4)c4nc(c(-c5ccc([Si]([Si](C)(C)C)([Si](C)(C)C)[Si](C)(C)C)cc5)c5ccc2[nH]5)C=C4)C=C3)cc1)([Si](C)(C)C)[Si](C)(C)C. The number of aromatic nitrogens is 4. The molecule has 0 unspecified atom stereocenters. The zero-order valence-corrected chi connectivity index (χ0v) is 85.8. The van der Waals surface area contributed by atoms with Gasteiger partial charge in [-0.25, -0.2) is 9.97 Å². The van der Waals surface area contributed by atoms with Crippen molar-refractivity contribution in [2.45, 2.75) is 236 Å². The summed E-state index contributed by atoms with van der Waals surface area (Å²) in [5.74, 6) is 0. The highest BCUT2D eigenvalue weighted by Gasteiger charge is 2.66. The molecule has 0 radical (unpaired) electrons. The van der Waals surface area contributed by atoms with Gasteiger partial charge in [-0.1, -0.05) is 354 Å². The third-order valence-electron chi connectivity index (χ3n) is 24.7. The maximum atomic E-state index is 6.00. The topological polar surface area (TPSA) is 57.4 Å². The van der Waals surface area contributed by atoms with Crippen molar-refractivity contribution in [1.82, 2.24) is 19.9 Å². The highest BCUT2D eigenvalue weighted by molar-refractivity contribution is 7.95. The van der Waals surface area contributed by atoms with E-state index in [1.54, 1.807) is 20.7 Å². The molecule has 2 aliphatic rings. The Morgan fingerprint density at radius 2 is 0.310 bits per heavy atom. The molecule has 3 aromatic heterocycles. The number of rotatable bonds is 20. The van der Waals surface area contributed by atoms with Crippen molar-refractivity contribution in [1.29, 1.82) is 0 Å². The van der Waals surface area contributed by atoms with Crippen LogP contribution in [0.15, 0.2) is 121 Å². The Labute approximate surface area is 623 Å². The van der Waals surface area contributed by atoms with Crippen molar-refractivity contribution < 1.29 is 0 Å². The summed E-state index contributed by atoms with van der Waals surface area (Å²) in [4.78, 5) is 20.5. The summed E-state index contributed by atoms with van der Waals surface area (Å²) in [5.41, 5.74) is 17.7. The highest BCUT2D eigenvalue weighted by atomic mass is 29.9. The van der Waals surface area contributed by atoms with Gasteiger partial charge in [0.2, 0.25) is 0 Å². The van der Waals surface area contributed by atoms with Gasteiger partial charge in [-0.2, -0.15) is 0 Å². The molecule has 8 bridgehead atoms. The molecule has 0 fully saturated rings. The molecule has 5 heterocycles. The van der Waals surface area contributed by atoms with Crippen LogP contribution in [0.3, 0.4) is 0 Å². The van der Waals surface area contributed by atoms with Crippen molar-refractivity contribution in [2.75, 3.05) is 0 Å². The zero-order valence-electron chi connectivity index (χ0n) is 69.8. The molecule has 100 heavy (non-hydrogen) atoms. The molecule has 538 valence electrons. The summed E-state index contributed by atoms with van der Waals surface area (Å²) in [6.45, 7) is 90.4. The van der Waals surface area contributed by atoms with Crippen molar-refractivity contribution in [3.05, 3.63) is 144 Å². The largest absolute Gasteiger partial charge is 0.354 e. The lowest BCUT2D eigenvalue weighted by molar-refractivity contribution is 1.31. The fraction of sp³-hybridized carbons (Fsp3) is 0.450. The summed E-state index contributed by atoms with van der Waals surface area (Å²) in [6.07, 6.45) is 9.35. The minimum Gasteiger partial charge on any atom is -0.354 e. The lowest BCUT2D eigenvalue weighted by Crippen LogP contribution is -2.88. The van der Waals surface area contributed by atoms with Crippen LogP contribution >= 0.6 is 0 Å². The van der Waals surface area contributed by atoms with E-state index < -0.39 is 118 Å². The lowest BCUT2D eigenvalue weighted by Gasteiger charge is -2.57. The molecule has 0 saturated carbocycles. The standard InChI is InChI=1S/C80H134N4Si16/c1-85(2,3)97(86(4,5)6,87(7,8)9)65-45-37-61(38-46-65)77-69-53-55-71(81-69)78(62-39-47-66(48-40-62)98(88(10,11)12,89(13,14)15)90(16,17)18)73-57-59-75(83-73)80(64-43-51-68(52-44-64)100(94(28,29)30,95(31,32)33)96(34,35)36)76-60-58-74(84-76)79(72-56-54-70(77)82-72)63-41-49-67(50-42-63)99(91(19,20)21,92(22,23)24)93(25,26)27/h37-60,81,84H,1-36H3. The van der Waals surface area contributed by atoms with E-state index in [2.05, 4.69) is 391 Å². The smallest absolute Gasteiger partial charge is 0.0737 e. The number of H-pyrrole nitrogens is 2. The number of fused-ring (bicyclic) bond motifs is 8. The molecule has 2 aliphatic heterocycles. The van der Waals surface area contributed by atoms with Crippen LogP contribution in [-0.4, -0.2) is 138 Å². The molecular weight excluding hydrogens is 1470 g/mol. The predicted octanol–water partition coefficient (Wildman–Crippen LogP) is 22.9. The van der Waals surface area contributed by atoms with Crippen LogP contribution in [0.4, 0.5) is 0 Å². The minimum absolute atomic E-state index is 0.989. The van der Waals surface area contributed by atoms with Gasteiger partial charge >= 0.3 is 0 Å². The van der Waals surface area contributed by atoms with Crippen LogP contribution in [0.1, 0.15) is 22.8 Å². The third kappa shape index (κ3) is 13.1. The van der Waals surface area contributed by atoms with Gasteiger partial charge < -0.3 is 9.97 Å². The monoisotopic (exact) mass is 1600 g/mol. The Morgan fingerprint density at radius 3 is 0.430 bits per heavy atom. The molecule has 0 atom stereocenters. The molecule has 20 heteroatoms. The van der Waals surface area contributed by atoms with E-state index in [4.69, 9.17) is 9.97 Å². The molecule has 0 aliphatic carbocycles. The second-order valence-corrected chi connectivity index (χ2v) is 204. The van der Waals surface area contributed by atoms with Crippen LogP contribution in [0.5, 0.6) is 0 Å². The van der Waals surface area contributed by atoms with Gasteiger partial charge in [0, 0.05) is 135 Å². The van der Waals surface area contributed by atoms with E-state index in [9.17, 15) is 0 Å². The van der Waals surface area contributed by atoms with Gasteiger partial charge in [0.25, 0.3) is 0 Å². The molecule has 0 amide bonds. The number of nitrogens with zero attached hydrogens (tertiary/aromatic N) is 2. The summed E-state index contributed by atoms with van der Waals surface area (Å²) in [7, 11) is -19.8. The molecule has 0 saturated heterocycles. The zero-order chi connectivity index (χ0) is 75.3. The first-order valence-corrected chi connectivity index (χ1v) is 99.8. The second kappa shape index (κ2) is 26.4. The van der Waals surface area contributed by atoms with Crippen LogP contribution in [-0.2, 0) is 0 Å². The van der Waals surface area contributed by atoms with Crippen molar-refractivity contribution >= 4 is 185 Å². The predicted molar refractivity (Wildman–Crippen MR) is 502 cm³/mol. The summed E-state index contributed by atoms with van der Waals surface area (Å²) in [5, 5.41) is 6.80. The summed E-state index contributed by atoms with van der Waals surface area (Å²) >= 11 is 0. The summed E-state index contributed by atoms with van der Waals surface area (Å²) < 4.78 is 0. The van der Waals surface area contributed by atoms with Crippen molar-refractivity contribution in [2.24, 2.45) is 0 Å². The van der Waals surface area contributed by atoms with E-state index in [0.717, 1.165) is 67.1 Å². The maximum Gasteiger partial charge on any atom is 0.0737 e. The van der Waals surface area contributed by atoms with Gasteiger partial charge in [-0.15, -0.1) is 0 Å². The molecular formula is C80H134N4Si16. The average molecular weight is 1600 g/mol. The minimum atomic E-state index is -1.92. The molecule has 7 aromatic rings. The van der Waals surface area contributed by atoms with Gasteiger partial charge in [0.15, 0.2) is 0 Å². The van der Waals surface area contributed by atoms with Crippen molar-refractivity contribution in [3.8, 4) is 44.5 Å². The van der Waals surface area contributed by atoms with Crippen LogP contribution in [0.25, 0.3) is 90.9 Å². The van der Waals surface area contributed by atoms with E-state index in [-0.39, 0.29) is 0 Å². The molecule has 2 N–H and O–H groups in total. The number of nitrogens with one attached hydrogen (secondary N) is 2. The Bertz CT molecular complexity index is 3750. The number of benzene rings is 4. The van der Waals surface area contributed by atoms with Crippen LogP contribution < -0.4 is 20.7 Å². The van der Waals surface area contributed by atoms with Crippen molar-refractivity contribution in [3.63, 3.8) is 0 Å².